The molecule has 33 heavy (non-hydrogen) atoms. The van der Waals surface area contributed by atoms with Crippen LogP contribution in [0.1, 0.15) is 25.8 Å². The van der Waals surface area contributed by atoms with Crippen LogP contribution in [0.4, 0.5) is 0 Å². The lowest BCUT2D eigenvalue weighted by molar-refractivity contribution is 0.414. The summed E-state index contributed by atoms with van der Waals surface area (Å²) in [7, 11) is 1.66. The maximum atomic E-state index is 13.5. The van der Waals surface area contributed by atoms with Crippen LogP contribution in [0, 0.1) is 5.92 Å². The summed E-state index contributed by atoms with van der Waals surface area (Å²) in [4.78, 5) is 27.9. The van der Waals surface area contributed by atoms with Crippen molar-refractivity contribution in [1.29, 1.82) is 0 Å². The van der Waals surface area contributed by atoms with Gasteiger partial charge in [-0.05, 0) is 48.6 Å². The molecule has 7 heteroatoms. The van der Waals surface area contributed by atoms with Gasteiger partial charge in [0.25, 0.3) is 5.56 Å². The van der Waals surface area contributed by atoms with Crippen molar-refractivity contribution in [3.63, 3.8) is 0 Å². The molecule has 2 aromatic carbocycles. The largest absolute Gasteiger partial charge is 0.497 e. The zero-order valence-electron chi connectivity index (χ0n) is 19.2. The first-order chi connectivity index (χ1) is 16.0. The van der Waals surface area contributed by atoms with Gasteiger partial charge in [-0.1, -0.05) is 38.1 Å². The highest BCUT2D eigenvalue weighted by molar-refractivity contribution is 6.04. The van der Waals surface area contributed by atoms with E-state index in [1.54, 1.807) is 18.0 Å². The molecule has 168 valence electrons. The molecule has 0 aliphatic rings. The molecule has 5 rings (SSSR count). The topological polar surface area (TPSA) is 74.8 Å². The van der Waals surface area contributed by atoms with Gasteiger partial charge in [-0.2, -0.15) is 0 Å². The lowest BCUT2D eigenvalue weighted by Crippen LogP contribution is -2.21. The molecule has 0 N–H and O–H groups in total. The molecular weight excluding hydrogens is 414 g/mol. The minimum atomic E-state index is -0.0570. The molecule has 5 aromatic rings. The minimum Gasteiger partial charge on any atom is -0.497 e. The van der Waals surface area contributed by atoms with Crippen LogP contribution in [0.5, 0.6) is 5.75 Å². The van der Waals surface area contributed by atoms with Gasteiger partial charge in [0.2, 0.25) is 0 Å². The summed E-state index contributed by atoms with van der Waals surface area (Å²) < 4.78 is 9.00. The fourth-order valence-electron chi connectivity index (χ4n) is 4.14. The Bertz CT molecular complexity index is 1500. The molecule has 0 amide bonds. The summed E-state index contributed by atoms with van der Waals surface area (Å²) in [6, 6.07) is 15.8. The number of benzene rings is 2. The van der Waals surface area contributed by atoms with Gasteiger partial charge < -0.3 is 9.30 Å². The van der Waals surface area contributed by atoms with Crippen molar-refractivity contribution in [2.24, 2.45) is 5.92 Å². The maximum Gasteiger partial charge on any atom is 0.265 e. The Morgan fingerprint density at radius 3 is 2.36 bits per heavy atom. The van der Waals surface area contributed by atoms with Crippen LogP contribution in [0.15, 0.2) is 59.7 Å². The van der Waals surface area contributed by atoms with E-state index in [0.717, 1.165) is 29.6 Å². The molecule has 3 aromatic heterocycles. The highest BCUT2D eigenvalue weighted by Gasteiger charge is 2.19. The number of nitrogens with zero attached hydrogens (tertiary/aromatic N) is 5. The third-order valence-corrected chi connectivity index (χ3v) is 6.05. The number of rotatable bonds is 7. The zero-order chi connectivity index (χ0) is 22.9. The number of para-hydroxylation sites is 2. The molecule has 0 bridgehead atoms. The van der Waals surface area contributed by atoms with Gasteiger partial charge in [-0.15, -0.1) is 0 Å². The van der Waals surface area contributed by atoms with Crippen molar-refractivity contribution in [3.05, 3.63) is 70.8 Å². The lowest BCUT2D eigenvalue weighted by Gasteiger charge is -2.09. The van der Waals surface area contributed by atoms with Gasteiger partial charge in [-0.3, -0.25) is 9.36 Å². The van der Waals surface area contributed by atoms with Gasteiger partial charge in [0.05, 0.1) is 24.5 Å². The normalized spacial score (nSPS) is 11.8. The molecule has 3 heterocycles. The molecule has 0 radical (unpaired) electrons. The van der Waals surface area contributed by atoms with E-state index >= 15 is 0 Å². The summed E-state index contributed by atoms with van der Waals surface area (Å²) >= 11 is 0. The van der Waals surface area contributed by atoms with Crippen molar-refractivity contribution < 1.29 is 4.74 Å². The van der Waals surface area contributed by atoms with E-state index in [0.29, 0.717) is 41.2 Å². The van der Waals surface area contributed by atoms with E-state index < -0.39 is 0 Å². The summed E-state index contributed by atoms with van der Waals surface area (Å²) in [5.74, 6) is 1.33. The average molecular weight is 442 g/mol. The number of ether oxygens (including phenoxy) is 1. The molecular formula is C26H27N5O2. The molecule has 0 aliphatic heterocycles. The quantitative estimate of drug-likeness (QED) is 0.369. The van der Waals surface area contributed by atoms with Crippen LogP contribution in [0.3, 0.4) is 0 Å². The number of aryl methyl sites for hydroxylation is 3. The van der Waals surface area contributed by atoms with E-state index in [-0.39, 0.29) is 5.56 Å². The number of methoxy groups -OCH3 is 1. The maximum absolute atomic E-state index is 13.5. The van der Waals surface area contributed by atoms with Gasteiger partial charge >= 0.3 is 0 Å². The predicted octanol–water partition coefficient (Wildman–Crippen LogP) is 4.59. The Kier molecular flexibility index (Phi) is 5.54. The first-order valence-corrected chi connectivity index (χ1v) is 11.3. The summed E-state index contributed by atoms with van der Waals surface area (Å²) in [5.41, 5.74) is 4.65. The van der Waals surface area contributed by atoms with Gasteiger partial charge in [-0.25, -0.2) is 15.0 Å². The molecule has 0 aliphatic carbocycles. The van der Waals surface area contributed by atoms with Gasteiger partial charge in [0.15, 0.2) is 11.3 Å². The fourth-order valence-corrected chi connectivity index (χ4v) is 4.14. The van der Waals surface area contributed by atoms with E-state index in [4.69, 9.17) is 19.7 Å². The Morgan fingerprint density at radius 1 is 0.939 bits per heavy atom. The molecule has 0 saturated carbocycles. The van der Waals surface area contributed by atoms with Crippen LogP contribution < -0.4 is 10.3 Å². The first kappa shape index (κ1) is 21.1. The molecule has 0 fully saturated rings. The van der Waals surface area contributed by atoms with E-state index in [1.807, 2.05) is 41.0 Å². The number of hydrogen-bond donors (Lipinski definition) is 0. The lowest BCUT2D eigenvalue weighted by atomic mass is 10.1. The standard InChI is InChI=1S/C26H27N5O2/c1-17(2)12-14-30-16-27-24-22(26(30)32)23-25(29-21-7-5-4-6-20(21)28-23)31(24)15-13-18-8-10-19(33-3)11-9-18/h4-11,16-17H,12-15H2,1-3H3. The Morgan fingerprint density at radius 2 is 1.67 bits per heavy atom. The molecule has 0 saturated heterocycles. The summed E-state index contributed by atoms with van der Waals surface area (Å²) in [6.07, 6.45) is 3.35. The highest BCUT2D eigenvalue weighted by Crippen LogP contribution is 2.25. The van der Waals surface area contributed by atoms with Crippen LogP contribution in [0.25, 0.3) is 33.2 Å². The summed E-state index contributed by atoms with van der Waals surface area (Å²) in [5, 5.41) is 0.546. The second kappa shape index (κ2) is 8.65. The van der Waals surface area contributed by atoms with Crippen LogP contribution in [-0.4, -0.2) is 31.2 Å². The van der Waals surface area contributed by atoms with Crippen molar-refractivity contribution >= 4 is 33.2 Å². The van der Waals surface area contributed by atoms with Gasteiger partial charge in [0, 0.05) is 13.1 Å². The average Bonchev–Trinajstić information content (AvgIpc) is 3.14. The zero-order valence-corrected chi connectivity index (χ0v) is 19.2. The second-order valence-corrected chi connectivity index (χ2v) is 8.76. The number of fused-ring (bicyclic) bond motifs is 4. The highest BCUT2D eigenvalue weighted by atomic mass is 16.5. The third-order valence-electron chi connectivity index (χ3n) is 6.05. The fraction of sp³-hybridized carbons (Fsp3) is 0.308. The third kappa shape index (κ3) is 3.95. The SMILES string of the molecule is COc1ccc(CCn2c3nc4ccccc4nc3c3c(=O)n(CCC(C)C)cnc32)cc1. The van der Waals surface area contributed by atoms with E-state index in [9.17, 15) is 4.79 Å². The van der Waals surface area contributed by atoms with E-state index in [1.165, 1.54) is 5.56 Å². The Labute approximate surface area is 191 Å². The van der Waals surface area contributed by atoms with Crippen LogP contribution >= 0.6 is 0 Å². The molecule has 0 atom stereocenters. The molecule has 0 unspecified atom stereocenters. The van der Waals surface area contributed by atoms with Crippen LogP contribution in [-0.2, 0) is 19.5 Å². The molecule has 7 nitrogen and oxygen atoms in total. The summed E-state index contributed by atoms with van der Waals surface area (Å²) in [6.45, 7) is 5.58. The second-order valence-electron chi connectivity index (χ2n) is 8.76. The van der Waals surface area contributed by atoms with Crippen molar-refractivity contribution in [2.45, 2.75) is 39.8 Å². The van der Waals surface area contributed by atoms with Crippen molar-refractivity contribution in [3.8, 4) is 5.75 Å². The Hall–Kier alpha value is -3.74. The number of hydrogen-bond acceptors (Lipinski definition) is 5. The predicted molar refractivity (Wildman–Crippen MR) is 131 cm³/mol. The van der Waals surface area contributed by atoms with Crippen molar-refractivity contribution in [1.82, 2.24) is 24.1 Å². The monoisotopic (exact) mass is 441 g/mol. The Balaban J connectivity index is 1.66. The van der Waals surface area contributed by atoms with Crippen LogP contribution in [0.2, 0.25) is 0 Å². The number of aromatic nitrogens is 5. The van der Waals surface area contributed by atoms with Crippen molar-refractivity contribution in [2.75, 3.05) is 7.11 Å². The minimum absolute atomic E-state index is 0.0570. The van der Waals surface area contributed by atoms with Gasteiger partial charge in [0.1, 0.15) is 16.7 Å². The smallest absolute Gasteiger partial charge is 0.265 e. The first-order valence-electron chi connectivity index (χ1n) is 11.3. The molecule has 0 spiro atoms. The van der Waals surface area contributed by atoms with E-state index in [2.05, 4.69) is 26.0 Å².